The maximum Gasteiger partial charge on any atom is 0.356 e. The molecule has 1 heterocycles. The van der Waals surface area contributed by atoms with Crippen molar-refractivity contribution in [3.8, 4) is 5.75 Å². The Morgan fingerprint density at radius 2 is 2.04 bits per heavy atom. The Morgan fingerprint density at radius 3 is 2.60 bits per heavy atom. The minimum Gasteiger partial charge on any atom is -0.476 e. The molecule has 0 atom stereocenters. The monoisotopic (exact) mass is 405 g/mol. The Hall–Kier alpha value is -2.41. The number of aromatic carboxylic acids is 1. The van der Waals surface area contributed by atoms with E-state index >= 15 is 0 Å². The van der Waals surface area contributed by atoms with Gasteiger partial charge in [-0.05, 0) is 56.7 Å². The molecule has 2 rings (SSSR count). The predicted octanol–water partition coefficient (Wildman–Crippen LogP) is 4.27. The zero-order valence-electron chi connectivity index (χ0n) is 14.4. The van der Waals surface area contributed by atoms with Crippen molar-refractivity contribution in [2.75, 3.05) is 11.4 Å². The van der Waals surface area contributed by atoms with E-state index in [9.17, 15) is 4.79 Å². The summed E-state index contributed by atoms with van der Waals surface area (Å²) in [6.07, 6.45) is 1.71. The van der Waals surface area contributed by atoms with Crippen molar-refractivity contribution in [3.05, 3.63) is 57.9 Å². The van der Waals surface area contributed by atoms with E-state index in [4.69, 9.17) is 9.84 Å². The smallest absolute Gasteiger partial charge is 0.356 e. The summed E-state index contributed by atoms with van der Waals surface area (Å²) in [7, 11) is 0. The number of carboxylic acid groups (broad SMARTS) is 1. The summed E-state index contributed by atoms with van der Waals surface area (Å²) >= 11 is 3.49. The van der Waals surface area contributed by atoms with Crippen molar-refractivity contribution in [2.24, 2.45) is 0 Å². The molecule has 6 nitrogen and oxygen atoms in total. The molecule has 1 aromatic heterocycles. The number of halogens is 1. The van der Waals surface area contributed by atoms with Crippen LogP contribution in [0.1, 0.15) is 36.8 Å². The topological polar surface area (TPSA) is 75.5 Å². The van der Waals surface area contributed by atoms with Crippen molar-refractivity contribution in [1.29, 1.82) is 0 Å². The molecule has 1 aromatic carbocycles. The third-order valence-corrected chi connectivity index (χ3v) is 3.87. The van der Waals surface area contributed by atoms with Crippen LogP contribution in [0.2, 0.25) is 0 Å². The van der Waals surface area contributed by atoms with Crippen LogP contribution >= 0.6 is 15.9 Å². The number of benzene rings is 1. The lowest BCUT2D eigenvalue weighted by atomic mass is 10.2. The molecule has 2 aromatic rings. The molecule has 0 saturated heterocycles. The number of carbonyl (C=O) groups is 1. The number of nitrogens with zero attached hydrogens (tertiary/aromatic N) is 3. The molecule has 0 aliphatic rings. The van der Waals surface area contributed by atoms with Crippen molar-refractivity contribution in [2.45, 2.75) is 27.3 Å². The zero-order chi connectivity index (χ0) is 18.4. The third kappa shape index (κ3) is 5.29. The molecule has 0 radical (unpaired) electrons. The van der Waals surface area contributed by atoms with Crippen molar-refractivity contribution in [3.63, 3.8) is 0 Å². The second-order valence-corrected chi connectivity index (χ2v) is 6.58. The van der Waals surface area contributed by atoms with E-state index in [2.05, 4.69) is 26.1 Å². The van der Waals surface area contributed by atoms with Gasteiger partial charge in [0.2, 0.25) is 0 Å². The van der Waals surface area contributed by atoms with Crippen LogP contribution in [0.4, 0.5) is 5.82 Å². The number of ether oxygens (including phenoxy) is 1. The summed E-state index contributed by atoms with van der Waals surface area (Å²) in [6.45, 7) is 7.19. The first-order valence-corrected chi connectivity index (χ1v) is 8.60. The third-order valence-electron chi connectivity index (χ3n) is 3.38. The number of rotatable bonds is 7. The Morgan fingerprint density at radius 1 is 1.28 bits per heavy atom. The van der Waals surface area contributed by atoms with Gasteiger partial charge in [-0.3, -0.25) is 0 Å². The lowest BCUT2D eigenvalue weighted by Gasteiger charge is -2.22. The molecule has 0 spiro atoms. The van der Waals surface area contributed by atoms with Crippen LogP contribution in [0.3, 0.4) is 0 Å². The van der Waals surface area contributed by atoms with Gasteiger partial charge in [0.15, 0.2) is 11.5 Å². The largest absolute Gasteiger partial charge is 0.476 e. The molecule has 0 unspecified atom stereocenters. The minimum absolute atomic E-state index is 0.0742. The Bertz CT molecular complexity index is 772. The first-order valence-electron chi connectivity index (χ1n) is 7.81. The molecule has 25 heavy (non-hydrogen) atoms. The number of hydrogen-bond donors (Lipinski definition) is 1. The molecule has 0 fully saturated rings. The van der Waals surface area contributed by atoms with Gasteiger partial charge in [0, 0.05) is 23.1 Å². The fraction of sp³-hybridized carbons (Fsp3) is 0.278. The SMILES string of the molecule is CCN(Cc1cc(Br)ccc1OC=C(C)C)c1ccc(C(=O)O)nn1. The van der Waals surface area contributed by atoms with Crippen LogP contribution in [-0.4, -0.2) is 27.8 Å². The molecular weight excluding hydrogens is 386 g/mol. The van der Waals surface area contributed by atoms with Gasteiger partial charge in [0.1, 0.15) is 5.75 Å². The number of carboxylic acids is 1. The van der Waals surface area contributed by atoms with Crippen LogP contribution in [0.25, 0.3) is 0 Å². The van der Waals surface area contributed by atoms with E-state index in [0.29, 0.717) is 18.9 Å². The fourth-order valence-corrected chi connectivity index (χ4v) is 2.54. The predicted molar refractivity (Wildman–Crippen MR) is 99.9 cm³/mol. The summed E-state index contributed by atoms with van der Waals surface area (Å²) in [5, 5.41) is 16.7. The second kappa shape index (κ2) is 8.62. The average molecular weight is 406 g/mol. The number of allylic oxidation sites excluding steroid dienone is 1. The molecule has 1 N–H and O–H groups in total. The van der Waals surface area contributed by atoms with Crippen molar-refractivity contribution in [1.82, 2.24) is 10.2 Å². The minimum atomic E-state index is -1.09. The van der Waals surface area contributed by atoms with Gasteiger partial charge < -0.3 is 14.7 Å². The summed E-state index contributed by atoms with van der Waals surface area (Å²) < 4.78 is 6.72. The normalized spacial score (nSPS) is 10.2. The van der Waals surface area contributed by atoms with E-state index in [-0.39, 0.29) is 5.69 Å². The van der Waals surface area contributed by atoms with E-state index in [1.54, 1.807) is 12.3 Å². The highest BCUT2D eigenvalue weighted by Crippen LogP contribution is 2.26. The van der Waals surface area contributed by atoms with Gasteiger partial charge in [-0.25, -0.2) is 4.79 Å². The van der Waals surface area contributed by atoms with Crippen LogP contribution < -0.4 is 9.64 Å². The Labute approximate surface area is 155 Å². The molecule has 0 bridgehead atoms. The molecule has 0 aliphatic heterocycles. The van der Waals surface area contributed by atoms with E-state index in [1.165, 1.54) is 6.07 Å². The summed E-state index contributed by atoms with van der Waals surface area (Å²) in [4.78, 5) is 12.9. The maximum atomic E-state index is 10.9. The van der Waals surface area contributed by atoms with Gasteiger partial charge in [0.25, 0.3) is 0 Å². The Kier molecular flexibility index (Phi) is 6.52. The number of anilines is 1. The Balaban J connectivity index is 2.27. The average Bonchev–Trinajstić information content (AvgIpc) is 2.58. The van der Waals surface area contributed by atoms with Crippen molar-refractivity contribution >= 4 is 27.7 Å². The first-order chi connectivity index (χ1) is 11.9. The maximum absolute atomic E-state index is 10.9. The molecule has 0 aliphatic carbocycles. The number of hydrogen-bond acceptors (Lipinski definition) is 5. The molecule has 132 valence electrons. The second-order valence-electron chi connectivity index (χ2n) is 5.66. The molecular formula is C18H20BrN3O3. The standard InChI is InChI=1S/C18H20BrN3O3/c1-4-22(17-8-6-15(18(23)24)20-21-17)10-13-9-14(19)5-7-16(13)25-11-12(2)3/h5-9,11H,4,10H2,1-3H3,(H,23,24). The van der Waals surface area contributed by atoms with Gasteiger partial charge >= 0.3 is 5.97 Å². The zero-order valence-corrected chi connectivity index (χ0v) is 15.9. The highest BCUT2D eigenvalue weighted by Gasteiger charge is 2.13. The van der Waals surface area contributed by atoms with E-state index < -0.39 is 5.97 Å². The fourth-order valence-electron chi connectivity index (χ4n) is 2.14. The van der Waals surface area contributed by atoms with Crippen LogP contribution in [0, 0.1) is 0 Å². The lowest BCUT2D eigenvalue weighted by molar-refractivity contribution is 0.0689. The highest BCUT2D eigenvalue weighted by atomic mass is 79.9. The van der Waals surface area contributed by atoms with Crippen LogP contribution in [0.5, 0.6) is 5.75 Å². The summed E-state index contributed by atoms with van der Waals surface area (Å²) in [5.74, 6) is 0.283. The van der Waals surface area contributed by atoms with Crippen molar-refractivity contribution < 1.29 is 14.6 Å². The summed E-state index contributed by atoms with van der Waals surface area (Å²) in [6, 6.07) is 8.95. The molecule has 0 saturated carbocycles. The summed E-state index contributed by atoms with van der Waals surface area (Å²) in [5.41, 5.74) is 1.98. The quantitative estimate of drug-likeness (QED) is 0.693. The molecule has 7 heteroatoms. The van der Waals surface area contributed by atoms with E-state index in [0.717, 1.165) is 21.4 Å². The van der Waals surface area contributed by atoms with Crippen LogP contribution in [0.15, 0.2) is 46.6 Å². The first kappa shape index (κ1) is 18.9. The van der Waals surface area contributed by atoms with Crippen LogP contribution in [-0.2, 0) is 6.54 Å². The highest BCUT2D eigenvalue weighted by molar-refractivity contribution is 9.10. The van der Waals surface area contributed by atoms with Gasteiger partial charge in [-0.1, -0.05) is 15.9 Å². The van der Waals surface area contributed by atoms with Gasteiger partial charge in [-0.2, -0.15) is 0 Å². The van der Waals surface area contributed by atoms with Gasteiger partial charge in [0.05, 0.1) is 6.26 Å². The van der Waals surface area contributed by atoms with E-state index in [1.807, 2.05) is 43.9 Å². The lowest BCUT2D eigenvalue weighted by Crippen LogP contribution is -2.24. The molecule has 0 amide bonds. The number of aromatic nitrogens is 2. The van der Waals surface area contributed by atoms with Gasteiger partial charge in [-0.15, -0.1) is 10.2 Å².